The van der Waals surface area contributed by atoms with Gasteiger partial charge in [0, 0.05) is 11.1 Å². The Balaban J connectivity index is 3.56. The molecule has 0 rings (SSSR count). The maximum atomic E-state index is 11.1. The lowest BCUT2D eigenvalue weighted by Gasteiger charge is -1.99. The number of halogens is 1. The normalized spacial score (nSPS) is 11.8. The first-order chi connectivity index (χ1) is 5.12. The predicted octanol–water partition coefficient (Wildman–Crippen LogP) is 1.99. The molecule has 0 aliphatic carbocycles. The fraction of sp³-hybridized carbons (Fsp3) is 1.00. The van der Waals surface area contributed by atoms with Gasteiger partial charge in [-0.15, -0.1) is 0 Å². The molecule has 0 aromatic rings. The topological polar surface area (TPSA) is 34.1 Å². The molecule has 0 radical (unpaired) electrons. The van der Waals surface area contributed by atoms with Gasteiger partial charge in [0.15, 0.2) is 0 Å². The van der Waals surface area contributed by atoms with Crippen LogP contribution in [-0.4, -0.2) is 25.3 Å². The molecule has 4 heteroatoms. The van der Waals surface area contributed by atoms with E-state index in [-0.39, 0.29) is 0 Å². The molecule has 0 spiro atoms. The van der Waals surface area contributed by atoms with E-state index in [0.717, 1.165) is 24.6 Å². The molecule has 0 amide bonds. The van der Waals surface area contributed by atoms with E-state index in [9.17, 15) is 8.42 Å². The van der Waals surface area contributed by atoms with Crippen LogP contribution in [0.1, 0.15) is 26.2 Å². The van der Waals surface area contributed by atoms with Crippen LogP contribution in [0.4, 0.5) is 0 Å². The third-order valence-electron chi connectivity index (χ3n) is 1.35. The van der Waals surface area contributed by atoms with Crippen molar-refractivity contribution in [2.24, 2.45) is 0 Å². The van der Waals surface area contributed by atoms with E-state index in [4.69, 9.17) is 0 Å². The summed E-state index contributed by atoms with van der Waals surface area (Å²) in [6.45, 7) is 1.89. The zero-order valence-corrected chi connectivity index (χ0v) is 9.25. The Morgan fingerprint density at radius 2 is 1.82 bits per heavy atom. The van der Waals surface area contributed by atoms with E-state index < -0.39 is 9.84 Å². The molecule has 0 heterocycles. The quantitative estimate of drug-likeness (QED) is 0.528. The van der Waals surface area contributed by atoms with Crippen molar-refractivity contribution >= 4 is 25.8 Å². The maximum Gasteiger partial charge on any atom is 0.150 e. The third kappa shape index (κ3) is 6.81. The summed E-state index contributed by atoms with van der Waals surface area (Å²) in [5.74, 6) is 0.696. The van der Waals surface area contributed by atoms with Crippen LogP contribution in [0.2, 0.25) is 0 Å². The summed E-state index contributed by atoms with van der Waals surface area (Å²) in [6.07, 6.45) is 2.47. The van der Waals surface area contributed by atoms with Crippen LogP contribution in [0, 0.1) is 0 Å². The molecule has 0 N–H and O–H groups in total. The van der Waals surface area contributed by atoms with Gasteiger partial charge in [-0.05, 0) is 19.3 Å². The van der Waals surface area contributed by atoms with Crippen LogP contribution < -0.4 is 0 Å². The van der Waals surface area contributed by atoms with Crippen LogP contribution in [0.5, 0.6) is 0 Å². The van der Waals surface area contributed by atoms with Crippen molar-refractivity contribution in [2.75, 3.05) is 16.8 Å². The summed E-state index contributed by atoms with van der Waals surface area (Å²) in [6, 6.07) is 0. The first-order valence-electron chi connectivity index (χ1n) is 3.89. The molecule has 0 aromatic heterocycles. The van der Waals surface area contributed by atoms with E-state index >= 15 is 0 Å². The van der Waals surface area contributed by atoms with Crippen molar-refractivity contribution in [3.8, 4) is 0 Å². The highest BCUT2D eigenvalue weighted by Crippen LogP contribution is 2.00. The molecule has 0 saturated carbocycles. The molecule has 0 aliphatic heterocycles. The van der Waals surface area contributed by atoms with E-state index in [0.29, 0.717) is 11.5 Å². The summed E-state index contributed by atoms with van der Waals surface area (Å²) in [5, 5.41) is 0.897. The molecule has 0 aliphatic rings. The molecule has 0 fully saturated rings. The summed E-state index contributed by atoms with van der Waals surface area (Å²) in [7, 11) is -2.72. The second-order valence-corrected chi connectivity index (χ2v) is 5.64. The fourth-order valence-corrected chi connectivity index (χ4v) is 2.70. The van der Waals surface area contributed by atoms with Gasteiger partial charge in [-0.25, -0.2) is 8.42 Å². The van der Waals surface area contributed by atoms with Crippen molar-refractivity contribution in [2.45, 2.75) is 26.2 Å². The number of hydrogen-bond donors (Lipinski definition) is 0. The highest BCUT2D eigenvalue weighted by Gasteiger charge is 2.07. The van der Waals surface area contributed by atoms with Crippen LogP contribution in [-0.2, 0) is 9.84 Å². The first kappa shape index (κ1) is 11.4. The Bertz CT molecular complexity index is 175. The largest absolute Gasteiger partial charge is 0.229 e. The zero-order chi connectivity index (χ0) is 8.74. The van der Waals surface area contributed by atoms with E-state index in [1.165, 1.54) is 0 Å². The number of hydrogen-bond acceptors (Lipinski definition) is 2. The average molecular weight is 243 g/mol. The molecule has 0 bridgehead atoms. The minimum Gasteiger partial charge on any atom is -0.229 e. The van der Waals surface area contributed by atoms with Crippen molar-refractivity contribution in [1.29, 1.82) is 0 Å². The zero-order valence-electron chi connectivity index (χ0n) is 6.85. The van der Waals surface area contributed by atoms with E-state index in [1.54, 1.807) is 0 Å². The van der Waals surface area contributed by atoms with Gasteiger partial charge in [-0.1, -0.05) is 22.9 Å². The molecular weight excluding hydrogens is 228 g/mol. The monoisotopic (exact) mass is 242 g/mol. The van der Waals surface area contributed by atoms with Crippen LogP contribution in [0.3, 0.4) is 0 Å². The smallest absolute Gasteiger partial charge is 0.150 e. The van der Waals surface area contributed by atoms with Crippen molar-refractivity contribution in [3.63, 3.8) is 0 Å². The van der Waals surface area contributed by atoms with Gasteiger partial charge >= 0.3 is 0 Å². The van der Waals surface area contributed by atoms with Gasteiger partial charge in [-0.3, -0.25) is 0 Å². The van der Waals surface area contributed by atoms with Crippen molar-refractivity contribution in [1.82, 2.24) is 0 Å². The van der Waals surface area contributed by atoms with Crippen molar-refractivity contribution in [3.05, 3.63) is 0 Å². The molecule has 11 heavy (non-hydrogen) atoms. The molecular formula is C7H15BrO2S. The van der Waals surface area contributed by atoms with Crippen molar-refractivity contribution < 1.29 is 8.42 Å². The molecule has 0 unspecified atom stereocenters. The Labute approximate surface area is 77.4 Å². The summed E-state index contributed by atoms with van der Waals surface area (Å²) >= 11 is 3.26. The van der Waals surface area contributed by atoms with E-state index in [1.807, 2.05) is 6.92 Å². The second kappa shape index (κ2) is 6.00. The van der Waals surface area contributed by atoms with Crippen LogP contribution >= 0.6 is 15.9 Å². The van der Waals surface area contributed by atoms with Gasteiger partial charge in [0.05, 0.1) is 5.75 Å². The Morgan fingerprint density at radius 3 is 2.27 bits per heavy atom. The van der Waals surface area contributed by atoms with Gasteiger partial charge in [0.25, 0.3) is 0 Å². The summed E-state index contributed by atoms with van der Waals surface area (Å²) in [4.78, 5) is 0. The van der Waals surface area contributed by atoms with Gasteiger partial charge in [0.1, 0.15) is 9.84 Å². The molecule has 0 saturated heterocycles. The van der Waals surface area contributed by atoms with Gasteiger partial charge in [-0.2, -0.15) is 0 Å². The lowest BCUT2D eigenvalue weighted by atomic mass is 10.4. The minimum absolute atomic E-state index is 0.343. The third-order valence-corrected chi connectivity index (χ3v) is 3.86. The number of sulfone groups is 1. The van der Waals surface area contributed by atoms with Crippen LogP contribution in [0.15, 0.2) is 0 Å². The highest BCUT2D eigenvalue weighted by molar-refractivity contribution is 9.09. The Hall–Kier alpha value is 0.430. The fourth-order valence-electron chi connectivity index (χ4n) is 0.830. The van der Waals surface area contributed by atoms with Crippen LogP contribution in [0.25, 0.3) is 0 Å². The number of alkyl halides is 1. The predicted molar refractivity (Wildman–Crippen MR) is 52.0 cm³/mol. The Morgan fingerprint density at radius 1 is 1.18 bits per heavy atom. The summed E-state index contributed by atoms with van der Waals surface area (Å²) in [5.41, 5.74) is 0. The second-order valence-electron chi connectivity index (χ2n) is 2.55. The standard InChI is InChI=1S/C7H15BrO2S/c1-2-6-11(9,10)7-4-3-5-8/h2-7H2,1H3. The van der Waals surface area contributed by atoms with Gasteiger partial charge in [0.2, 0.25) is 0 Å². The van der Waals surface area contributed by atoms with Gasteiger partial charge < -0.3 is 0 Å². The SMILES string of the molecule is CCCS(=O)(=O)CCCCBr. The average Bonchev–Trinajstić information content (AvgIpc) is 1.87. The maximum absolute atomic E-state index is 11.1. The Kier molecular flexibility index (Phi) is 6.24. The first-order valence-corrected chi connectivity index (χ1v) is 6.83. The lowest BCUT2D eigenvalue weighted by Crippen LogP contribution is -2.10. The molecule has 2 nitrogen and oxygen atoms in total. The number of unbranched alkanes of at least 4 members (excludes halogenated alkanes) is 1. The van der Waals surface area contributed by atoms with E-state index in [2.05, 4.69) is 15.9 Å². The highest BCUT2D eigenvalue weighted by atomic mass is 79.9. The molecule has 0 atom stereocenters. The number of rotatable bonds is 6. The lowest BCUT2D eigenvalue weighted by molar-refractivity contribution is 0.591. The minimum atomic E-state index is -2.72. The molecule has 0 aromatic carbocycles. The molecule has 68 valence electrons. The summed E-state index contributed by atoms with van der Waals surface area (Å²) < 4.78 is 22.2.